The molecule has 1 N–H and O–H groups in total. The van der Waals surface area contributed by atoms with E-state index >= 15 is 0 Å². The van der Waals surface area contributed by atoms with E-state index in [1.165, 1.54) is 0 Å². The predicted molar refractivity (Wildman–Crippen MR) is 8.69 cm³/mol. The van der Waals surface area contributed by atoms with Gasteiger partial charge in [-0.3, -0.25) is 4.79 Å². The summed E-state index contributed by atoms with van der Waals surface area (Å²) in [4.78, 5) is 8.36. The van der Waals surface area contributed by atoms with Crippen LogP contribution in [0.1, 0.15) is 0 Å². The second kappa shape index (κ2) is 12.3. The SMILES string of the molecule is O=CO.[Ni]. The smallest absolute Gasteiger partial charge is 0.290 e. The Bertz CT molecular complexity index is 13.5. The summed E-state index contributed by atoms with van der Waals surface area (Å²) < 4.78 is 0. The van der Waals surface area contributed by atoms with E-state index < -0.39 is 0 Å². The minimum Gasteiger partial charge on any atom is -0.483 e. The summed E-state index contributed by atoms with van der Waals surface area (Å²) in [6, 6.07) is 0. The molecule has 0 aromatic heterocycles. The van der Waals surface area contributed by atoms with Crippen LogP contribution in [0.4, 0.5) is 0 Å². The molecule has 3 heteroatoms. The van der Waals surface area contributed by atoms with Crippen molar-refractivity contribution >= 4 is 6.47 Å². The molecule has 0 atom stereocenters. The Morgan fingerprint density at radius 2 is 1.75 bits per heavy atom. The molecule has 0 rings (SSSR count). The average molecular weight is 105 g/mol. The molecule has 0 unspecified atom stereocenters. The first kappa shape index (κ1) is 9.03. The standard InChI is InChI=1S/CH2O2.Ni/c2-1-3;/h1H,(H,2,3);. The van der Waals surface area contributed by atoms with Crippen LogP contribution >= 0.6 is 0 Å². The van der Waals surface area contributed by atoms with E-state index in [0.717, 1.165) is 0 Å². The van der Waals surface area contributed by atoms with E-state index in [0.29, 0.717) is 0 Å². The Labute approximate surface area is 33.7 Å². The molecule has 0 aliphatic heterocycles. The second-order valence-electron chi connectivity index (χ2n) is 0.105. The van der Waals surface area contributed by atoms with Crippen molar-refractivity contribution in [3.8, 4) is 0 Å². The van der Waals surface area contributed by atoms with Gasteiger partial charge in [0.25, 0.3) is 6.47 Å². The molecule has 0 amide bonds. The second-order valence-corrected chi connectivity index (χ2v) is 0.105. The maximum atomic E-state index is 8.36. The molecule has 0 radical (unpaired) electrons. The van der Waals surface area contributed by atoms with Gasteiger partial charge in [0.15, 0.2) is 0 Å². The van der Waals surface area contributed by atoms with Crippen LogP contribution in [0.3, 0.4) is 0 Å². The largest absolute Gasteiger partial charge is 0.483 e. The van der Waals surface area contributed by atoms with E-state index in [1.54, 1.807) is 0 Å². The molecule has 0 aliphatic carbocycles. The van der Waals surface area contributed by atoms with Crippen LogP contribution in [-0.2, 0) is 21.3 Å². The maximum Gasteiger partial charge on any atom is 0.290 e. The summed E-state index contributed by atoms with van der Waals surface area (Å²) in [7, 11) is 0. The Hall–Kier alpha value is -0.0365. The Morgan fingerprint density at radius 3 is 1.75 bits per heavy atom. The van der Waals surface area contributed by atoms with Gasteiger partial charge in [0.1, 0.15) is 0 Å². The number of hydrogen-bond acceptors (Lipinski definition) is 1. The quantitative estimate of drug-likeness (QED) is 0.339. The molecule has 2 nitrogen and oxygen atoms in total. The number of rotatable bonds is 0. The van der Waals surface area contributed by atoms with E-state index in [9.17, 15) is 0 Å². The van der Waals surface area contributed by atoms with Crippen LogP contribution in [0.15, 0.2) is 0 Å². The van der Waals surface area contributed by atoms with Gasteiger partial charge in [0.05, 0.1) is 0 Å². The minimum atomic E-state index is -0.250. The van der Waals surface area contributed by atoms with Crippen LogP contribution in [-0.4, -0.2) is 11.6 Å². The molecule has 0 fully saturated rings. The zero-order valence-corrected chi connectivity index (χ0v) is 2.74. The molecule has 4 heavy (non-hydrogen) atoms. The van der Waals surface area contributed by atoms with Crippen LogP contribution in [0.2, 0.25) is 0 Å². The molecule has 0 aromatic rings. The molecule has 0 bridgehead atoms. The van der Waals surface area contributed by atoms with Crippen LogP contribution in [0.25, 0.3) is 0 Å². The zero-order chi connectivity index (χ0) is 2.71. The predicted octanol–water partition coefficient (Wildman–Crippen LogP) is -0.302. The maximum absolute atomic E-state index is 8.36. The normalized spacial score (nSPS) is 3.00. The average Bonchev–Trinajstić information content (AvgIpc) is 0.918. The van der Waals surface area contributed by atoms with Crippen molar-refractivity contribution in [1.29, 1.82) is 0 Å². The van der Waals surface area contributed by atoms with Crippen molar-refractivity contribution in [3.05, 3.63) is 0 Å². The summed E-state index contributed by atoms with van der Waals surface area (Å²) in [5, 5.41) is 6.89. The van der Waals surface area contributed by atoms with Gasteiger partial charge in [-0.05, 0) is 0 Å². The monoisotopic (exact) mass is 104 g/mol. The molecule has 0 heterocycles. The summed E-state index contributed by atoms with van der Waals surface area (Å²) >= 11 is 0. The van der Waals surface area contributed by atoms with Gasteiger partial charge in [0, 0.05) is 16.5 Å². The first-order valence-corrected chi connectivity index (χ1v) is 0.494. The topological polar surface area (TPSA) is 37.3 Å². The summed E-state index contributed by atoms with van der Waals surface area (Å²) in [6.45, 7) is -0.250. The van der Waals surface area contributed by atoms with Gasteiger partial charge in [-0.15, -0.1) is 0 Å². The van der Waals surface area contributed by atoms with Crippen molar-refractivity contribution in [2.24, 2.45) is 0 Å². The third kappa shape index (κ3) is 1370. The van der Waals surface area contributed by atoms with Crippen molar-refractivity contribution in [2.75, 3.05) is 0 Å². The van der Waals surface area contributed by atoms with E-state index in [1.807, 2.05) is 0 Å². The van der Waals surface area contributed by atoms with Gasteiger partial charge in [-0.2, -0.15) is 0 Å². The molecule has 0 saturated carbocycles. The van der Waals surface area contributed by atoms with Crippen molar-refractivity contribution in [2.45, 2.75) is 0 Å². The van der Waals surface area contributed by atoms with Crippen LogP contribution < -0.4 is 0 Å². The summed E-state index contributed by atoms with van der Waals surface area (Å²) in [5.74, 6) is 0. The van der Waals surface area contributed by atoms with E-state index in [2.05, 4.69) is 0 Å². The summed E-state index contributed by atoms with van der Waals surface area (Å²) in [5.41, 5.74) is 0. The minimum absolute atomic E-state index is 0. The van der Waals surface area contributed by atoms with Crippen LogP contribution in [0.5, 0.6) is 0 Å². The number of hydrogen-bond donors (Lipinski definition) is 1. The third-order valence-corrected chi connectivity index (χ3v) is 0. The van der Waals surface area contributed by atoms with Crippen molar-refractivity contribution < 1.29 is 26.4 Å². The van der Waals surface area contributed by atoms with Gasteiger partial charge >= 0.3 is 0 Å². The first-order valence-electron chi connectivity index (χ1n) is 0.494. The molecule has 0 saturated heterocycles. The fourth-order valence-corrected chi connectivity index (χ4v) is 0. The fraction of sp³-hybridized carbons (Fsp3) is 0. The van der Waals surface area contributed by atoms with Crippen molar-refractivity contribution in [3.63, 3.8) is 0 Å². The van der Waals surface area contributed by atoms with Crippen LogP contribution in [0, 0.1) is 0 Å². The van der Waals surface area contributed by atoms with Crippen molar-refractivity contribution in [1.82, 2.24) is 0 Å². The van der Waals surface area contributed by atoms with E-state index in [4.69, 9.17) is 9.90 Å². The van der Waals surface area contributed by atoms with Gasteiger partial charge in [-0.1, -0.05) is 0 Å². The fourth-order valence-electron chi connectivity index (χ4n) is 0. The molecule has 0 aliphatic rings. The van der Waals surface area contributed by atoms with E-state index in [-0.39, 0.29) is 23.0 Å². The number of carbonyl (C=O) groups is 1. The van der Waals surface area contributed by atoms with Gasteiger partial charge in [-0.25, -0.2) is 0 Å². The Balaban J connectivity index is 0. The zero-order valence-electron chi connectivity index (χ0n) is 1.75. The van der Waals surface area contributed by atoms with Gasteiger partial charge < -0.3 is 5.11 Å². The summed E-state index contributed by atoms with van der Waals surface area (Å²) in [6.07, 6.45) is 0. The Kier molecular flexibility index (Phi) is 27.8. The molecular formula is CH2NiO2. The third-order valence-electron chi connectivity index (χ3n) is 0. The molecule has 0 spiro atoms. The van der Waals surface area contributed by atoms with Gasteiger partial charge in [0.2, 0.25) is 0 Å². The Morgan fingerprint density at radius 1 is 1.75 bits per heavy atom. The molecule has 28 valence electrons. The molecule has 0 aromatic carbocycles. The molecular weight excluding hydrogens is 103 g/mol. The number of carboxylic acid groups (broad SMARTS) is 1. The first-order chi connectivity index (χ1) is 1.41.